The first-order chi connectivity index (χ1) is 12.2. The summed E-state index contributed by atoms with van der Waals surface area (Å²) >= 11 is 0. The second-order valence-corrected chi connectivity index (χ2v) is 7.22. The lowest BCUT2D eigenvalue weighted by Gasteiger charge is -2.19. The van der Waals surface area contributed by atoms with Crippen molar-refractivity contribution in [3.8, 4) is 0 Å². The zero-order chi connectivity index (χ0) is 19.3. The van der Waals surface area contributed by atoms with Gasteiger partial charge in [-0.25, -0.2) is 4.79 Å². The molecule has 1 aromatic heterocycles. The van der Waals surface area contributed by atoms with Crippen molar-refractivity contribution in [2.24, 2.45) is 0 Å². The average Bonchev–Trinajstić information content (AvgIpc) is 2.91. The number of amides is 1. The number of ether oxygens (including phenoxy) is 2. The quantitative estimate of drug-likeness (QED) is 0.766. The Bertz CT molecular complexity index is 774. The molecule has 0 aliphatic rings. The summed E-state index contributed by atoms with van der Waals surface area (Å²) in [5, 5.41) is 3.82. The molecule has 0 saturated heterocycles. The maximum Gasteiger partial charge on any atom is 0.407 e. The molecule has 0 radical (unpaired) electrons. The standard InChI is InChI=1S/C20H28N2O4/c1-6-25-18(23)13(2)17-15(14-9-7-8-10-16(14)22-17)11-12-21-19(24)26-20(3,4)5/h7-10,13,22H,6,11-12H2,1-5H3,(H,21,24). The first kappa shape index (κ1) is 19.8. The highest BCUT2D eigenvalue weighted by molar-refractivity contribution is 5.88. The smallest absolute Gasteiger partial charge is 0.407 e. The number of esters is 1. The van der Waals surface area contributed by atoms with Crippen LogP contribution in [0.25, 0.3) is 10.9 Å². The topological polar surface area (TPSA) is 80.4 Å². The molecule has 1 aromatic carbocycles. The van der Waals surface area contributed by atoms with Crippen LogP contribution in [0.3, 0.4) is 0 Å². The lowest BCUT2D eigenvalue weighted by Crippen LogP contribution is -2.33. The van der Waals surface area contributed by atoms with Crippen molar-refractivity contribution in [1.29, 1.82) is 0 Å². The Balaban J connectivity index is 2.18. The number of carbonyl (C=O) groups excluding carboxylic acids is 2. The van der Waals surface area contributed by atoms with Crippen molar-refractivity contribution < 1.29 is 19.1 Å². The van der Waals surface area contributed by atoms with Crippen molar-refractivity contribution in [2.75, 3.05) is 13.2 Å². The van der Waals surface area contributed by atoms with Gasteiger partial charge in [-0.3, -0.25) is 4.79 Å². The van der Waals surface area contributed by atoms with E-state index >= 15 is 0 Å². The third kappa shape index (κ3) is 5.00. The normalized spacial score (nSPS) is 12.7. The molecule has 0 spiro atoms. The molecule has 1 unspecified atom stereocenters. The van der Waals surface area contributed by atoms with Crippen LogP contribution in [0.1, 0.15) is 51.8 Å². The van der Waals surface area contributed by atoms with Gasteiger partial charge in [-0.2, -0.15) is 0 Å². The van der Waals surface area contributed by atoms with Crippen molar-refractivity contribution in [1.82, 2.24) is 10.3 Å². The highest BCUT2D eigenvalue weighted by Gasteiger charge is 2.23. The molecule has 1 amide bonds. The first-order valence-corrected chi connectivity index (χ1v) is 8.96. The summed E-state index contributed by atoms with van der Waals surface area (Å²) in [4.78, 5) is 27.4. The summed E-state index contributed by atoms with van der Waals surface area (Å²) in [6.07, 6.45) is 0.139. The molecule has 6 heteroatoms. The van der Waals surface area contributed by atoms with E-state index in [0.717, 1.165) is 22.2 Å². The Hall–Kier alpha value is -2.50. The van der Waals surface area contributed by atoms with Crippen LogP contribution in [-0.4, -0.2) is 35.8 Å². The van der Waals surface area contributed by atoms with Crippen LogP contribution in [0.4, 0.5) is 4.79 Å². The number of nitrogens with one attached hydrogen (secondary N) is 2. The van der Waals surface area contributed by atoms with Gasteiger partial charge in [-0.1, -0.05) is 18.2 Å². The highest BCUT2D eigenvalue weighted by Crippen LogP contribution is 2.29. The summed E-state index contributed by atoms with van der Waals surface area (Å²) < 4.78 is 10.4. The zero-order valence-corrected chi connectivity index (χ0v) is 16.1. The Morgan fingerprint density at radius 2 is 1.92 bits per heavy atom. The van der Waals surface area contributed by atoms with Crippen LogP contribution in [0.5, 0.6) is 0 Å². The van der Waals surface area contributed by atoms with Crippen LogP contribution >= 0.6 is 0 Å². The number of aromatic nitrogens is 1. The van der Waals surface area contributed by atoms with E-state index in [9.17, 15) is 9.59 Å². The molecule has 0 aliphatic heterocycles. The van der Waals surface area contributed by atoms with Crippen LogP contribution in [0.15, 0.2) is 24.3 Å². The molecule has 2 N–H and O–H groups in total. The summed E-state index contributed by atoms with van der Waals surface area (Å²) in [6.45, 7) is 9.86. The van der Waals surface area contributed by atoms with Crippen molar-refractivity contribution in [2.45, 2.75) is 52.6 Å². The maximum absolute atomic E-state index is 12.2. The molecule has 2 rings (SSSR count). The fourth-order valence-corrected chi connectivity index (χ4v) is 2.85. The summed E-state index contributed by atoms with van der Waals surface area (Å²) in [5.74, 6) is -0.667. The molecule has 0 bridgehead atoms. The number of H-pyrrole nitrogens is 1. The SMILES string of the molecule is CCOC(=O)C(C)c1[nH]c2ccccc2c1CCNC(=O)OC(C)(C)C. The molecule has 0 saturated carbocycles. The van der Waals surface area contributed by atoms with Gasteiger partial charge in [0.25, 0.3) is 0 Å². The summed E-state index contributed by atoms with van der Waals surface area (Å²) in [6, 6.07) is 7.89. The van der Waals surface area contributed by atoms with E-state index in [-0.39, 0.29) is 5.97 Å². The van der Waals surface area contributed by atoms with E-state index < -0.39 is 17.6 Å². The number of aromatic amines is 1. The van der Waals surface area contributed by atoms with Gasteiger partial charge in [0.05, 0.1) is 12.5 Å². The van der Waals surface area contributed by atoms with Crippen molar-refractivity contribution >= 4 is 23.0 Å². The Morgan fingerprint density at radius 1 is 1.23 bits per heavy atom. The Kier molecular flexibility index (Phi) is 6.29. The Morgan fingerprint density at radius 3 is 2.58 bits per heavy atom. The van der Waals surface area contributed by atoms with Gasteiger partial charge < -0.3 is 19.8 Å². The third-order valence-electron chi connectivity index (χ3n) is 3.96. The molecular formula is C20H28N2O4. The Labute approximate surface area is 154 Å². The minimum atomic E-state index is -0.533. The summed E-state index contributed by atoms with van der Waals surface area (Å²) in [7, 11) is 0. The predicted octanol–water partition coefficient (Wildman–Crippen LogP) is 3.90. The third-order valence-corrected chi connectivity index (χ3v) is 3.96. The van der Waals surface area contributed by atoms with Crippen LogP contribution < -0.4 is 5.32 Å². The molecule has 142 valence electrons. The monoisotopic (exact) mass is 360 g/mol. The van der Waals surface area contributed by atoms with Crippen LogP contribution in [0.2, 0.25) is 0 Å². The largest absolute Gasteiger partial charge is 0.465 e. The van der Waals surface area contributed by atoms with E-state index in [4.69, 9.17) is 9.47 Å². The first-order valence-electron chi connectivity index (χ1n) is 8.96. The van der Waals surface area contributed by atoms with E-state index in [1.807, 2.05) is 52.0 Å². The maximum atomic E-state index is 12.2. The predicted molar refractivity (Wildman–Crippen MR) is 101 cm³/mol. The minimum Gasteiger partial charge on any atom is -0.465 e. The molecule has 6 nitrogen and oxygen atoms in total. The number of alkyl carbamates (subject to hydrolysis) is 1. The fourth-order valence-electron chi connectivity index (χ4n) is 2.85. The molecule has 1 heterocycles. The van der Waals surface area contributed by atoms with Gasteiger partial charge in [0.2, 0.25) is 0 Å². The zero-order valence-electron chi connectivity index (χ0n) is 16.1. The van der Waals surface area contributed by atoms with Gasteiger partial charge in [0, 0.05) is 23.1 Å². The number of carbonyl (C=O) groups is 2. The molecule has 26 heavy (non-hydrogen) atoms. The molecule has 1 atom stereocenters. The van der Waals surface area contributed by atoms with Crippen LogP contribution in [-0.2, 0) is 20.7 Å². The minimum absolute atomic E-state index is 0.264. The number of hydrogen-bond donors (Lipinski definition) is 2. The van der Waals surface area contributed by atoms with Crippen molar-refractivity contribution in [3.63, 3.8) is 0 Å². The lowest BCUT2D eigenvalue weighted by molar-refractivity contribution is -0.144. The van der Waals surface area contributed by atoms with E-state index in [2.05, 4.69) is 10.3 Å². The van der Waals surface area contributed by atoms with Gasteiger partial charge in [0.15, 0.2) is 0 Å². The number of fused-ring (bicyclic) bond motifs is 1. The van der Waals surface area contributed by atoms with Gasteiger partial charge >= 0.3 is 12.1 Å². The summed E-state index contributed by atoms with van der Waals surface area (Å²) in [5.41, 5.74) is 2.27. The lowest BCUT2D eigenvalue weighted by atomic mass is 9.99. The second kappa shape index (κ2) is 8.25. The number of para-hydroxylation sites is 1. The molecular weight excluding hydrogens is 332 g/mol. The molecule has 0 aliphatic carbocycles. The van der Waals surface area contributed by atoms with E-state index in [1.165, 1.54) is 0 Å². The molecule has 2 aromatic rings. The van der Waals surface area contributed by atoms with Crippen molar-refractivity contribution in [3.05, 3.63) is 35.5 Å². The second-order valence-electron chi connectivity index (χ2n) is 7.22. The fraction of sp³-hybridized carbons (Fsp3) is 0.500. The van der Waals surface area contributed by atoms with E-state index in [0.29, 0.717) is 19.6 Å². The van der Waals surface area contributed by atoms with Gasteiger partial charge in [0.1, 0.15) is 5.60 Å². The number of hydrogen-bond acceptors (Lipinski definition) is 4. The number of benzene rings is 1. The molecule has 0 fully saturated rings. The highest BCUT2D eigenvalue weighted by atomic mass is 16.6. The van der Waals surface area contributed by atoms with Gasteiger partial charge in [-0.15, -0.1) is 0 Å². The average molecular weight is 360 g/mol. The number of rotatable bonds is 6. The van der Waals surface area contributed by atoms with Gasteiger partial charge in [-0.05, 0) is 52.7 Å². The van der Waals surface area contributed by atoms with E-state index in [1.54, 1.807) is 6.92 Å². The van der Waals surface area contributed by atoms with Crippen LogP contribution in [0, 0.1) is 0 Å².